The van der Waals surface area contributed by atoms with Gasteiger partial charge in [0.2, 0.25) is 0 Å². The van der Waals surface area contributed by atoms with Gasteiger partial charge in [-0.25, -0.2) is 0 Å². The largest absolute Gasteiger partial charge is 0.0843 e. The molecular formula is C82H56Cl2. The summed E-state index contributed by atoms with van der Waals surface area (Å²) in [6.45, 7) is 9.66. The van der Waals surface area contributed by atoms with E-state index in [2.05, 4.69) is 270 Å². The SMILES string of the molecule is CC1(C)c2cc(-c3ccc4c(c3)C(C)(C)c3cc(-c5c6ccccc6c(-c6ccc(-c7ccc(Cl)cc7)cc6)c6ccccc56)ccc3-4)ccc2-c2ccc(-c3c4ccccc4c(-c4ccc(-c5ccc(Cl)cc5)cc4)c4ccccc34)cc21. The van der Waals surface area contributed by atoms with Crippen LogP contribution in [0.1, 0.15) is 49.9 Å². The van der Waals surface area contributed by atoms with Gasteiger partial charge in [-0.3, -0.25) is 0 Å². The standard InChI is InChI=1S/C82H56Cl2/c1-81(2)73-45-55(33-41-61(73)63-43-35-57(47-75(63)81)79-69-17-9-5-13-65(69)77(66-14-6-10-18-70(66)79)53-25-21-49(22-26-53)51-29-37-59(83)38-30-51)56-34-42-62-64-44-36-58(48-76(64)82(3,4)74(62)46-56)80-71-19-11-7-15-67(71)78(68-16-8-12-20-72(68)80)54-27-23-50(24-28-54)52-31-39-60(84)40-32-52/h5-48H,1-4H3. The van der Waals surface area contributed by atoms with E-state index in [0.717, 1.165) is 21.2 Å². The smallest absolute Gasteiger partial charge is 0.0406 e. The highest BCUT2D eigenvalue weighted by Crippen LogP contribution is 2.55. The van der Waals surface area contributed by atoms with Gasteiger partial charge in [-0.1, -0.05) is 269 Å². The summed E-state index contributed by atoms with van der Waals surface area (Å²) in [7, 11) is 0. The van der Waals surface area contributed by atoms with E-state index in [1.165, 1.54) is 154 Å². The molecule has 0 aromatic heterocycles. The monoisotopic (exact) mass is 1110 g/mol. The molecule has 0 spiro atoms. The molecule has 0 heterocycles. The van der Waals surface area contributed by atoms with E-state index in [-0.39, 0.29) is 10.8 Å². The van der Waals surface area contributed by atoms with Crippen LogP contribution in [0.25, 0.3) is 143 Å². The molecule has 0 unspecified atom stereocenters. The van der Waals surface area contributed by atoms with Crippen molar-refractivity contribution in [2.45, 2.75) is 38.5 Å². The fourth-order valence-electron chi connectivity index (χ4n) is 14.6. The molecule has 14 aromatic rings. The number of rotatable bonds is 7. The summed E-state index contributed by atoms with van der Waals surface area (Å²) in [6.07, 6.45) is 0. The van der Waals surface area contributed by atoms with E-state index >= 15 is 0 Å². The predicted molar refractivity (Wildman–Crippen MR) is 360 cm³/mol. The third kappa shape index (κ3) is 7.81. The van der Waals surface area contributed by atoms with Crippen LogP contribution < -0.4 is 0 Å². The molecule has 2 heteroatoms. The van der Waals surface area contributed by atoms with Gasteiger partial charge in [0.1, 0.15) is 0 Å². The molecule has 0 radical (unpaired) electrons. The van der Waals surface area contributed by atoms with Gasteiger partial charge in [0, 0.05) is 20.9 Å². The summed E-state index contributed by atoms with van der Waals surface area (Å²) < 4.78 is 0. The highest BCUT2D eigenvalue weighted by atomic mass is 35.5. The molecule has 84 heavy (non-hydrogen) atoms. The summed E-state index contributed by atoms with van der Waals surface area (Å²) in [4.78, 5) is 0. The number of halogens is 2. The first-order chi connectivity index (χ1) is 41.0. The van der Waals surface area contributed by atoms with Crippen LogP contribution >= 0.6 is 23.2 Å². The van der Waals surface area contributed by atoms with Crippen LogP contribution in [0.5, 0.6) is 0 Å². The first-order valence-corrected chi connectivity index (χ1v) is 29.9. The van der Waals surface area contributed by atoms with Gasteiger partial charge >= 0.3 is 0 Å². The second kappa shape index (κ2) is 19.1. The topological polar surface area (TPSA) is 0 Å². The minimum atomic E-state index is -0.230. The van der Waals surface area contributed by atoms with Crippen molar-refractivity contribution in [3.05, 3.63) is 299 Å². The van der Waals surface area contributed by atoms with Crippen molar-refractivity contribution < 1.29 is 0 Å². The van der Waals surface area contributed by atoms with Gasteiger partial charge in [-0.2, -0.15) is 0 Å². The third-order valence-corrected chi connectivity index (χ3v) is 19.3. The summed E-state index contributed by atoms with van der Waals surface area (Å²) >= 11 is 12.5. The lowest BCUT2D eigenvalue weighted by atomic mass is 9.79. The van der Waals surface area contributed by atoms with Crippen molar-refractivity contribution in [2.75, 3.05) is 0 Å². The van der Waals surface area contributed by atoms with Crippen LogP contribution in [0.3, 0.4) is 0 Å². The minimum Gasteiger partial charge on any atom is -0.0843 e. The first kappa shape index (κ1) is 50.4. The lowest BCUT2D eigenvalue weighted by Gasteiger charge is -2.24. The van der Waals surface area contributed by atoms with Gasteiger partial charge < -0.3 is 0 Å². The van der Waals surface area contributed by atoms with Gasteiger partial charge in [-0.15, -0.1) is 0 Å². The Kier molecular flexibility index (Phi) is 11.5. The van der Waals surface area contributed by atoms with E-state index in [4.69, 9.17) is 23.2 Å². The molecule has 0 bridgehead atoms. The Labute approximate surface area is 500 Å². The van der Waals surface area contributed by atoms with Crippen molar-refractivity contribution in [3.63, 3.8) is 0 Å². The average molecular weight is 1110 g/mol. The molecule has 0 saturated carbocycles. The van der Waals surface area contributed by atoms with Crippen LogP contribution in [0, 0.1) is 0 Å². The zero-order valence-corrected chi connectivity index (χ0v) is 48.7. The second-order valence-corrected chi connectivity index (χ2v) is 25.0. The lowest BCUT2D eigenvalue weighted by Crippen LogP contribution is -2.15. The molecule has 0 nitrogen and oxygen atoms in total. The molecule has 16 rings (SSSR count). The van der Waals surface area contributed by atoms with Gasteiger partial charge in [0.25, 0.3) is 0 Å². The molecule has 2 aliphatic carbocycles. The van der Waals surface area contributed by atoms with Crippen molar-refractivity contribution >= 4 is 66.3 Å². The summed E-state index contributed by atoms with van der Waals surface area (Å²) in [5.41, 5.74) is 27.4. The maximum Gasteiger partial charge on any atom is 0.0406 e. The molecule has 398 valence electrons. The Morgan fingerprint density at radius 2 is 0.393 bits per heavy atom. The molecule has 0 amide bonds. The number of hydrogen-bond acceptors (Lipinski definition) is 0. The van der Waals surface area contributed by atoms with Crippen LogP contribution in [0.2, 0.25) is 10.0 Å². The van der Waals surface area contributed by atoms with Crippen molar-refractivity contribution in [2.24, 2.45) is 0 Å². The van der Waals surface area contributed by atoms with Gasteiger partial charge in [-0.05, 0) is 214 Å². The average Bonchev–Trinajstić information content (AvgIpc) is 2.65. The van der Waals surface area contributed by atoms with E-state index in [1.54, 1.807) is 0 Å². The third-order valence-electron chi connectivity index (χ3n) is 18.8. The van der Waals surface area contributed by atoms with Crippen LogP contribution in [0.4, 0.5) is 0 Å². The Bertz CT molecular complexity index is 4610. The summed E-state index contributed by atoms with van der Waals surface area (Å²) in [5.74, 6) is 0. The second-order valence-electron chi connectivity index (χ2n) is 24.1. The fraction of sp³-hybridized carbons (Fsp3) is 0.0732. The Balaban J connectivity index is 0.734. The molecule has 14 aromatic carbocycles. The highest BCUT2D eigenvalue weighted by Gasteiger charge is 2.38. The van der Waals surface area contributed by atoms with E-state index in [1.807, 2.05) is 24.3 Å². The van der Waals surface area contributed by atoms with Crippen LogP contribution in [0.15, 0.2) is 267 Å². The molecule has 2 aliphatic rings. The molecule has 0 fully saturated rings. The lowest BCUT2D eigenvalue weighted by molar-refractivity contribution is 0.660. The van der Waals surface area contributed by atoms with Crippen molar-refractivity contribution in [1.82, 2.24) is 0 Å². The quantitative estimate of drug-likeness (QED) is 0.140. The Morgan fingerprint density at radius 1 is 0.202 bits per heavy atom. The van der Waals surface area contributed by atoms with E-state index in [0.29, 0.717) is 0 Å². The maximum atomic E-state index is 6.25. The number of benzene rings is 14. The van der Waals surface area contributed by atoms with Gasteiger partial charge in [0.05, 0.1) is 0 Å². The minimum absolute atomic E-state index is 0.230. The van der Waals surface area contributed by atoms with E-state index in [9.17, 15) is 0 Å². The number of fused-ring (bicyclic) bond motifs is 10. The Morgan fingerprint density at radius 3 is 0.655 bits per heavy atom. The highest BCUT2D eigenvalue weighted by molar-refractivity contribution is 6.31. The van der Waals surface area contributed by atoms with Gasteiger partial charge in [0.15, 0.2) is 0 Å². The van der Waals surface area contributed by atoms with E-state index < -0.39 is 0 Å². The Hall–Kier alpha value is -9.30. The molecule has 0 aliphatic heterocycles. The maximum absolute atomic E-state index is 6.25. The van der Waals surface area contributed by atoms with Crippen LogP contribution in [-0.4, -0.2) is 0 Å². The first-order valence-electron chi connectivity index (χ1n) is 29.2. The van der Waals surface area contributed by atoms with Crippen molar-refractivity contribution in [3.8, 4) is 100 Å². The zero-order chi connectivity index (χ0) is 56.6. The zero-order valence-electron chi connectivity index (χ0n) is 47.2. The molecular weight excluding hydrogens is 1060 g/mol. The van der Waals surface area contributed by atoms with Crippen molar-refractivity contribution in [1.29, 1.82) is 0 Å². The normalized spacial score (nSPS) is 13.5. The molecule has 0 atom stereocenters. The van der Waals surface area contributed by atoms with Crippen LogP contribution in [-0.2, 0) is 10.8 Å². The molecule has 0 saturated heterocycles. The summed E-state index contributed by atoms with van der Waals surface area (Å²) in [6, 6.07) is 99.0. The number of hydrogen-bond donors (Lipinski definition) is 0. The fourth-order valence-corrected chi connectivity index (χ4v) is 14.8. The predicted octanol–water partition coefficient (Wildman–Crippen LogP) is 23.9. The summed E-state index contributed by atoms with van der Waals surface area (Å²) in [5, 5.41) is 11.5. The molecule has 0 N–H and O–H groups in total.